The first-order valence-corrected chi connectivity index (χ1v) is 12.0. The number of halogens is 6. The maximum absolute atomic E-state index is 14.6. The van der Waals surface area contributed by atoms with Gasteiger partial charge in [0.25, 0.3) is 5.91 Å². The zero-order valence-electron chi connectivity index (χ0n) is 20.0. The molecule has 1 aromatic heterocycles. The number of ether oxygens (including phenoxy) is 1. The van der Waals surface area contributed by atoms with Crippen molar-refractivity contribution < 1.29 is 31.5 Å². The highest BCUT2D eigenvalue weighted by atomic mass is 35.5. The van der Waals surface area contributed by atoms with E-state index in [1.807, 2.05) is 0 Å². The van der Waals surface area contributed by atoms with E-state index in [0.717, 1.165) is 44.4 Å². The Morgan fingerprint density at radius 1 is 1.03 bits per heavy atom. The van der Waals surface area contributed by atoms with Gasteiger partial charge in [0.1, 0.15) is 11.6 Å². The van der Waals surface area contributed by atoms with Crippen LogP contribution in [-0.4, -0.2) is 42.1 Å². The van der Waals surface area contributed by atoms with Crippen molar-refractivity contribution in [3.05, 3.63) is 82.5 Å². The number of carbonyl (C=O) groups is 1. The van der Waals surface area contributed by atoms with Crippen LogP contribution in [0.2, 0.25) is 5.02 Å². The van der Waals surface area contributed by atoms with Gasteiger partial charge < -0.3 is 20.3 Å². The summed E-state index contributed by atoms with van der Waals surface area (Å²) in [6, 6.07) is 8.90. The highest BCUT2D eigenvalue weighted by molar-refractivity contribution is 6.31. The van der Waals surface area contributed by atoms with Crippen molar-refractivity contribution in [1.82, 2.24) is 15.3 Å². The Hall–Kier alpha value is -4.03. The van der Waals surface area contributed by atoms with Gasteiger partial charge in [-0.25, -0.2) is 9.37 Å². The smallest absolute Gasteiger partial charge is 0.417 e. The lowest BCUT2D eigenvalue weighted by Gasteiger charge is -2.28. The Bertz CT molecular complexity index is 1560. The van der Waals surface area contributed by atoms with Crippen LogP contribution in [0.15, 0.2) is 54.7 Å². The van der Waals surface area contributed by atoms with Crippen LogP contribution in [0.3, 0.4) is 0 Å². The Balaban J connectivity index is 1.39. The van der Waals surface area contributed by atoms with E-state index >= 15 is 0 Å². The van der Waals surface area contributed by atoms with Gasteiger partial charge in [-0.05, 0) is 30.3 Å². The van der Waals surface area contributed by atoms with Crippen LogP contribution in [0.5, 0.6) is 11.5 Å². The van der Waals surface area contributed by atoms with E-state index in [-0.39, 0.29) is 17.0 Å². The predicted molar refractivity (Wildman–Crippen MR) is 135 cm³/mol. The number of nitrogens with zero attached hydrogens (tertiary/aromatic N) is 3. The van der Waals surface area contributed by atoms with E-state index in [1.54, 1.807) is 12.3 Å². The van der Waals surface area contributed by atoms with Crippen LogP contribution in [0, 0.1) is 11.6 Å². The van der Waals surface area contributed by atoms with E-state index in [4.69, 9.17) is 16.3 Å². The molecule has 1 aliphatic heterocycles. The van der Waals surface area contributed by atoms with Crippen molar-refractivity contribution in [3.63, 3.8) is 0 Å². The van der Waals surface area contributed by atoms with Crippen molar-refractivity contribution in [2.45, 2.75) is 6.18 Å². The first-order chi connectivity index (χ1) is 18.6. The number of hydrogen-bond acceptors (Lipinski definition) is 6. The van der Waals surface area contributed by atoms with Crippen LogP contribution in [0.1, 0.15) is 15.9 Å². The molecule has 0 aliphatic carbocycles. The Morgan fingerprint density at radius 3 is 2.54 bits per heavy atom. The van der Waals surface area contributed by atoms with Crippen LogP contribution < -0.4 is 20.3 Å². The third-order valence-electron chi connectivity index (χ3n) is 5.96. The topological polar surface area (TPSA) is 79.4 Å². The number of anilines is 2. The minimum Gasteiger partial charge on any atom is -0.454 e. The number of aromatic nitrogens is 2. The molecule has 7 nitrogen and oxygen atoms in total. The zero-order valence-corrected chi connectivity index (χ0v) is 20.7. The fourth-order valence-corrected chi connectivity index (χ4v) is 4.24. The standard InChI is InChI=1S/C26H19ClF5N5O2/c27-18-3-1-14(9-17(18)26(30,31)32)25(38)35-15-10-19(28)24(29)22(11-15)39-16-2-4-20-21(12-16)36-23(13-34-20)37-7-5-33-6-8-37/h1-4,9-13,33H,5-8H2,(H,35,38). The minimum atomic E-state index is -4.79. The molecule has 0 unspecified atom stereocenters. The quantitative estimate of drug-likeness (QED) is 0.289. The van der Waals surface area contributed by atoms with Gasteiger partial charge in [0.15, 0.2) is 11.6 Å². The first kappa shape index (κ1) is 26.6. The Labute approximate surface area is 223 Å². The summed E-state index contributed by atoms with van der Waals surface area (Å²) in [6.45, 7) is 3.13. The summed E-state index contributed by atoms with van der Waals surface area (Å²) >= 11 is 5.59. The lowest BCUT2D eigenvalue weighted by Crippen LogP contribution is -2.43. The number of benzene rings is 3. The molecule has 13 heteroatoms. The normalized spacial score (nSPS) is 13.9. The molecule has 2 N–H and O–H groups in total. The van der Waals surface area contributed by atoms with Crippen LogP contribution in [-0.2, 0) is 6.18 Å². The van der Waals surface area contributed by atoms with Gasteiger partial charge in [-0.1, -0.05) is 11.6 Å². The molecule has 4 aromatic rings. The molecular formula is C26H19ClF5N5O2. The minimum absolute atomic E-state index is 0.128. The van der Waals surface area contributed by atoms with Crippen LogP contribution >= 0.6 is 11.6 Å². The second-order valence-electron chi connectivity index (χ2n) is 8.63. The van der Waals surface area contributed by atoms with Gasteiger partial charge >= 0.3 is 6.18 Å². The van der Waals surface area contributed by atoms with Crippen LogP contribution in [0.25, 0.3) is 11.0 Å². The van der Waals surface area contributed by atoms with Gasteiger partial charge in [-0.2, -0.15) is 17.6 Å². The van der Waals surface area contributed by atoms with Crippen molar-refractivity contribution in [3.8, 4) is 11.5 Å². The monoisotopic (exact) mass is 563 g/mol. The third kappa shape index (κ3) is 5.86. The maximum Gasteiger partial charge on any atom is 0.417 e. The fraction of sp³-hybridized carbons (Fsp3) is 0.192. The van der Waals surface area contributed by atoms with E-state index in [9.17, 15) is 26.7 Å². The first-order valence-electron chi connectivity index (χ1n) is 11.7. The molecule has 0 saturated carbocycles. The molecule has 0 bridgehead atoms. The highest BCUT2D eigenvalue weighted by Gasteiger charge is 2.34. The SMILES string of the molecule is O=C(Nc1cc(F)c(F)c(Oc2ccc3ncc(N4CCNCC4)nc3c2)c1)c1ccc(Cl)c(C(F)(F)F)c1. The fourth-order valence-electron chi connectivity index (χ4n) is 4.02. The van der Waals surface area contributed by atoms with E-state index < -0.39 is 40.1 Å². The van der Waals surface area contributed by atoms with E-state index in [0.29, 0.717) is 29.0 Å². The molecule has 0 radical (unpaired) electrons. The maximum atomic E-state index is 14.6. The molecule has 0 atom stereocenters. The molecule has 1 fully saturated rings. The molecule has 3 aromatic carbocycles. The average Bonchev–Trinajstić information content (AvgIpc) is 2.91. The summed E-state index contributed by atoms with van der Waals surface area (Å²) in [6.07, 6.45) is -3.12. The van der Waals surface area contributed by atoms with E-state index in [1.165, 1.54) is 12.1 Å². The predicted octanol–water partition coefficient (Wildman–Crippen LogP) is 6.03. The third-order valence-corrected chi connectivity index (χ3v) is 6.29. The van der Waals surface area contributed by atoms with Crippen LogP contribution in [0.4, 0.5) is 33.5 Å². The number of hydrogen-bond donors (Lipinski definition) is 2. The molecule has 39 heavy (non-hydrogen) atoms. The molecule has 0 spiro atoms. The average molecular weight is 564 g/mol. The second-order valence-corrected chi connectivity index (χ2v) is 9.04. The van der Waals surface area contributed by atoms with Gasteiger partial charge in [0.05, 0.1) is 27.8 Å². The Kier molecular flexibility index (Phi) is 7.23. The lowest BCUT2D eigenvalue weighted by atomic mass is 10.1. The summed E-state index contributed by atoms with van der Waals surface area (Å²) in [5.74, 6) is -3.41. The summed E-state index contributed by atoms with van der Waals surface area (Å²) in [7, 11) is 0. The number of amides is 1. The van der Waals surface area contributed by atoms with Crippen molar-refractivity contribution >= 4 is 40.0 Å². The molecule has 1 aliphatic rings. The van der Waals surface area contributed by atoms with Crippen molar-refractivity contribution in [2.75, 3.05) is 36.4 Å². The highest BCUT2D eigenvalue weighted by Crippen LogP contribution is 2.36. The lowest BCUT2D eigenvalue weighted by molar-refractivity contribution is -0.137. The van der Waals surface area contributed by atoms with E-state index in [2.05, 4.69) is 25.5 Å². The number of carbonyl (C=O) groups excluding carboxylic acids is 1. The Morgan fingerprint density at radius 2 is 1.79 bits per heavy atom. The number of fused-ring (bicyclic) bond motifs is 1. The summed E-state index contributed by atoms with van der Waals surface area (Å²) < 4.78 is 74.0. The second kappa shape index (κ2) is 10.6. The molecule has 2 heterocycles. The molecular weight excluding hydrogens is 545 g/mol. The summed E-state index contributed by atoms with van der Waals surface area (Å²) in [5.41, 5.74) is -0.788. The number of rotatable bonds is 5. The van der Waals surface area contributed by atoms with Gasteiger partial charge in [-0.15, -0.1) is 0 Å². The van der Waals surface area contributed by atoms with Gasteiger partial charge in [0.2, 0.25) is 5.82 Å². The molecule has 5 rings (SSSR count). The zero-order chi connectivity index (χ0) is 27.7. The van der Waals surface area contributed by atoms with Crippen molar-refractivity contribution in [2.24, 2.45) is 0 Å². The largest absolute Gasteiger partial charge is 0.454 e. The number of alkyl halides is 3. The van der Waals surface area contributed by atoms with Gasteiger partial charge in [0, 0.05) is 55.6 Å². The summed E-state index contributed by atoms with van der Waals surface area (Å²) in [5, 5.41) is 4.93. The number of piperazine rings is 1. The number of nitrogens with one attached hydrogen (secondary N) is 2. The summed E-state index contributed by atoms with van der Waals surface area (Å²) in [4.78, 5) is 23.6. The molecule has 1 amide bonds. The molecule has 1 saturated heterocycles. The van der Waals surface area contributed by atoms with Crippen molar-refractivity contribution in [1.29, 1.82) is 0 Å². The molecule has 202 valence electrons. The van der Waals surface area contributed by atoms with Gasteiger partial charge in [-0.3, -0.25) is 9.78 Å².